The minimum Gasteiger partial charge on any atom is -0.496 e. The normalized spacial score (nSPS) is 15.2. The molecular weight excluding hydrogens is 571 g/mol. The SMILES string of the molecule is COc1c(-c2cc(C(C)(C)C)cc(C(C)(C)C)c2OP2Oc3ccccc3-c3ccccc32)cc(C(C)(C)C)cc1C(C)(C)C. The van der Waals surface area contributed by atoms with E-state index in [2.05, 4.69) is 144 Å². The third kappa shape index (κ3) is 6.52. The lowest BCUT2D eigenvalue weighted by Gasteiger charge is -2.34. The number of rotatable bonds is 4. The molecule has 0 fully saturated rings. The van der Waals surface area contributed by atoms with E-state index in [1.54, 1.807) is 7.11 Å². The van der Waals surface area contributed by atoms with Gasteiger partial charge in [0.1, 0.15) is 17.2 Å². The third-order valence-electron chi connectivity index (χ3n) is 8.65. The number of para-hydroxylation sites is 1. The van der Waals surface area contributed by atoms with Crippen molar-refractivity contribution in [3.63, 3.8) is 0 Å². The summed E-state index contributed by atoms with van der Waals surface area (Å²) in [7, 11) is 0.323. The van der Waals surface area contributed by atoms with Gasteiger partial charge in [-0.3, -0.25) is 0 Å². The molecule has 4 aromatic carbocycles. The van der Waals surface area contributed by atoms with Crippen LogP contribution in [0.15, 0.2) is 72.8 Å². The molecule has 0 saturated carbocycles. The second-order valence-electron chi connectivity index (χ2n) is 16.5. The highest BCUT2D eigenvalue weighted by molar-refractivity contribution is 7.57. The van der Waals surface area contributed by atoms with Gasteiger partial charge in [-0.25, -0.2) is 0 Å². The van der Waals surface area contributed by atoms with Crippen molar-refractivity contribution in [2.24, 2.45) is 0 Å². The quantitative estimate of drug-likeness (QED) is 0.212. The summed E-state index contributed by atoms with van der Waals surface area (Å²) in [6, 6.07) is 26.1. The van der Waals surface area contributed by atoms with Gasteiger partial charge in [-0.15, -0.1) is 0 Å². The molecule has 3 nitrogen and oxygen atoms in total. The van der Waals surface area contributed by atoms with Crippen LogP contribution in [0.4, 0.5) is 0 Å². The van der Waals surface area contributed by atoms with Crippen molar-refractivity contribution in [3.8, 4) is 39.5 Å². The van der Waals surface area contributed by atoms with Crippen molar-refractivity contribution in [3.05, 3.63) is 95.1 Å². The molecule has 1 atom stereocenters. The van der Waals surface area contributed by atoms with E-state index in [4.69, 9.17) is 13.8 Å². The minimum absolute atomic E-state index is 0.0598. The van der Waals surface area contributed by atoms with Crippen LogP contribution >= 0.6 is 8.38 Å². The number of hydrogen-bond donors (Lipinski definition) is 0. The summed E-state index contributed by atoms with van der Waals surface area (Å²) in [5, 5.41) is 1.09. The summed E-state index contributed by atoms with van der Waals surface area (Å²) in [4.78, 5) is 0. The number of ether oxygens (including phenoxy) is 1. The number of fused-ring (bicyclic) bond motifs is 3. The van der Waals surface area contributed by atoms with Crippen molar-refractivity contribution in [1.82, 2.24) is 0 Å². The average Bonchev–Trinajstić information content (AvgIpc) is 2.94. The van der Waals surface area contributed by atoms with Crippen molar-refractivity contribution in [2.75, 3.05) is 7.11 Å². The van der Waals surface area contributed by atoms with Crippen LogP contribution in [0.2, 0.25) is 0 Å². The lowest BCUT2D eigenvalue weighted by molar-refractivity contribution is 0.398. The molecule has 5 rings (SSSR count). The Labute approximate surface area is 273 Å². The fourth-order valence-corrected chi connectivity index (χ4v) is 7.41. The molecule has 1 aliphatic rings. The highest BCUT2D eigenvalue weighted by Crippen LogP contribution is 2.55. The van der Waals surface area contributed by atoms with E-state index in [-0.39, 0.29) is 21.7 Å². The molecule has 238 valence electrons. The van der Waals surface area contributed by atoms with Gasteiger partial charge in [0, 0.05) is 27.8 Å². The fraction of sp³-hybridized carbons (Fsp3) is 0.415. The lowest BCUT2D eigenvalue weighted by atomic mass is 9.75. The maximum atomic E-state index is 7.29. The number of hydrogen-bond acceptors (Lipinski definition) is 3. The second kappa shape index (κ2) is 11.5. The van der Waals surface area contributed by atoms with Gasteiger partial charge in [-0.2, -0.15) is 0 Å². The van der Waals surface area contributed by atoms with Crippen molar-refractivity contribution < 1.29 is 13.8 Å². The van der Waals surface area contributed by atoms with Gasteiger partial charge in [0.25, 0.3) is 0 Å². The summed E-state index contributed by atoms with van der Waals surface area (Å²) < 4.78 is 20.4. The first-order valence-corrected chi connectivity index (χ1v) is 17.3. The van der Waals surface area contributed by atoms with E-state index in [0.29, 0.717) is 0 Å². The first kappa shape index (κ1) is 33.1. The third-order valence-corrected chi connectivity index (χ3v) is 10.1. The van der Waals surface area contributed by atoms with Gasteiger partial charge >= 0.3 is 8.38 Å². The Bertz CT molecular complexity index is 1720. The molecule has 0 aromatic heterocycles. The Morgan fingerprint density at radius 1 is 0.511 bits per heavy atom. The fourth-order valence-electron chi connectivity index (χ4n) is 5.87. The molecule has 4 aromatic rings. The predicted octanol–water partition coefficient (Wildman–Crippen LogP) is 11.6. The van der Waals surface area contributed by atoms with Crippen LogP contribution in [0.3, 0.4) is 0 Å². The molecule has 0 bridgehead atoms. The Balaban J connectivity index is 1.86. The van der Waals surface area contributed by atoms with Crippen LogP contribution in [-0.2, 0) is 21.7 Å². The first-order chi connectivity index (χ1) is 20.8. The predicted molar refractivity (Wildman–Crippen MR) is 193 cm³/mol. The largest absolute Gasteiger partial charge is 0.496 e. The maximum Gasteiger partial charge on any atom is 0.326 e. The summed E-state index contributed by atoms with van der Waals surface area (Å²) >= 11 is 0. The van der Waals surface area contributed by atoms with Crippen LogP contribution in [0.25, 0.3) is 22.3 Å². The Morgan fingerprint density at radius 3 is 1.49 bits per heavy atom. The van der Waals surface area contributed by atoms with Crippen molar-refractivity contribution in [1.29, 1.82) is 0 Å². The molecule has 1 unspecified atom stereocenters. The van der Waals surface area contributed by atoms with Crippen LogP contribution in [0, 0.1) is 0 Å². The molecule has 0 amide bonds. The van der Waals surface area contributed by atoms with Crippen LogP contribution in [-0.4, -0.2) is 7.11 Å². The van der Waals surface area contributed by atoms with E-state index in [1.165, 1.54) is 16.7 Å². The van der Waals surface area contributed by atoms with Gasteiger partial charge < -0.3 is 13.8 Å². The van der Waals surface area contributed by atoms with Gasteiger partial charge in [-0.1, -0.05) is 132 Å². The first-order valence-electron chi connectivity index (χ1n) is 16.1. The molecule has 1 heterocycles. The zero-order chi connectivity index (χ0) is 33.1. The smallest absolute Gasteiger partial charge is 0.326 e. The van der Waals surface area contributed by atoms with E-state index in [0.717, 1.165) is 50.4 Å². The average molecular weight is 623 g/mol. The standard InChI is InChI=1S/C41H51O3P/c1-38(2,3)26-22-30(36(42-13)32(24-26)40(7,8)9)31-23-27(39(4,5)6)25-33(41(10,11)12)37(31)44-45-35-21-17-15-19-29(35)28-18-14-16-20-34(28)43-45/h14-25H,1-13H3. The molecule has 0 radical (unpaired) electrons. The number of benzene rings is 4. The number of methoxy groups -OCH3 is 1. The molecular formula is C41H51O3P. The molecule has 45 heavy (non-hydrogen) atoms. The van der Waals surface area contributed by atoms with E-state index >= 15 is 0 Å². The molecule has 0 aliphatic carbocycles. The Kier molecular flexibility index (Phi) is 8.46. The molecule has 0 saturated heterocycles. The summed E-state index contributed by atoms with van der Waals surface area (Å²) in [6.07, 6.45) is 0. The van der Waals surface area contributed by atoms with Crippen LogP contribution in [0.1, 0.15) is 105 Å². The van der Waals surface area contributed by atoms with Gasteiger partial charge in [0.2, 0.25) is 0 Å². The van der Waals surface area contributed by atoms with Crippen LogP contribution < -0.4 is 19.1 Å². The van der Waals surface area contributed by atoms with Crippen molar-refractivity contribution >= 4 is 13.7 Å². The van der Waals surface area contributed by atoms with Crippen LogP contribution in [0.5, 0.6) is 17.2 Å². The van der Waals surface area contributed by atoms with Gasteiger partial charge in [0.05, 0.1) is 12.4 Å². The summed E-state index contributed by atoms with van der Waals surface area (Å²) in [5.74, 6) is 2.61. The summed E-state index contributed by atoms with van der Waals surface area (Å²) in [5.41, 5.74) is 8.79. The Hall–Kier alpha value is -3.29. The van der Waals surface area contributed by atoms with Crippen molar-refractivity contribution in [2.45, 2.75) is 105 Å². The Morgan fingerprint density at radius 2 is 0.978 bits per heavy atom. The maximum absolute atomic E-state index is 7.29. The zero-order valence-electron chi connectivity index (χ0n) is 29.6. The van der Waals surface area contributed by atoms with E-state index < -0.39 is 8.38 Å². The highest BCUT2D eigenvalue weighted by atomic mass is 31.2. The molecule has 4 heteroatoms. The topological polar surface area (TPSA) is 27.7 Å². The van der Waals surface area contributed by atoms with Gasteiger partial charge in [0.15, 0.2) is 0 Å². The zero-order valence-corrected chi connectivity index (χ0v) is 30.5. The monoisotopic (exact) mass is 622 g/mol. The van der Waals surface area contributed by atoms with E-state index in [9.17, 15) is 0 Å². The minimum atomic E-state index is -1.47. The van der Waals surface area contributed by atoms with E-state index in [1.807, 2.05) is 12.1 Å². The lowest BCUT2D eigenvalue weighted by Crippen LogP contribution is -2.22. The second-order valence-corrected chi connectivity index (χ2v) is 17.8. The molecule has 0 spiro atoms. The molecule has 0 N–H and O–H groups in total. The highest BCUT2D eigenvalue weighted by Gasteiger charge is 2.35. The van der Waals surface area contributed by atoms with Gasteiger partial charge in [-0.05, 0) is 62.6 Å². The molecule has 1 aliphatic heterocycles. The summed E-state index contributed by atoms with van der Waals surface area (Å²) in [6.45, 7) is 27.3.